The topological polar surface area (TPSA) is 97.6 Å². The molecule has 1 aliphatic heterocycles. The molecule has 0 aromatic carbocycles. The summed E-state index contributed by atoms with van der Waals surface area (Å²) in [6.45, 7) is 1.05. The summed E-state index contributed by atoms with van der Waals surface area (Å²) in [5, 5.41) is 13.7. The van der Waals surface area contributed by atoms with E-state index < -0.39 is 11.0 Å². The zero-order valence-electron chi connectivity index (χ0n) is 10.7. The van der Waals surface area contributed by atoms with Crippen LogP contribution < -0.4 is 10.2 Å². The summed E-state index contributed by atoms with van der Waals surface area (Å²) < 4.78 is 5.08. The van der Waals surface area contributed by atoms with Crippen LogP contribution in [0, 0.1) is 10.1 Å². The second-order valence-corrected chi connectivity index (χ2v) is 5.24. The van der Waals surface area contributed by atoms with Crippen molar-refractivity contribution in [3.63, 3.8) is 0 Å². The van der Waals surface area contributed by atoms with Gasteiger partial charge in [-0.3, -0.25) is 10.1 Å². The van der Waals surface area contributed by atoms with E-state index in [1.807, 2.05) is 0 Å². The Kier molecular flexibility index (Phi) is 4.38. The smallest absolute Gasteiger partial charge is 0.407 e. The lowest BCUT2D eigenvalue weighted by atomic mass is 10.3. The van der Waals surface area contributed by atoms with Crippen molar-refractivity contribution in [3.8, 4) is 0 Å². The summed E-state index contributed by atoms with van der Waals surface area (Å²) in [7, 11) is 1.29. The van der Waals surface area contributed by atoms with Crippen LogP contribution >= 0.6 is 15.9 Å². The molecule has 9 heteroatoms. The van der Waals surface area contributed by atoms with Crippen LogP contribution in [-0.4, -0.2) is 42.2 Å². The molecule has 1 N–H and O–H groups in total. The lowest BCUT2D eigenvalue weighted by Gasteiger charge is -2.17. The Labute approximate surface area is 123 Å². The summed E-state index contributed by atoms with van der Waals surface area (Å²) in [6, 6.07) is 1.32. The van der Waals surface area contributed by atoms with E-state index in [0.717, 1.165) is 0 Å². The molecule has 0 saturated carbocycles. The number of hydrogen-bond donors (Lipinski definition) is 1. The van der Waals surface area contributed by atoms with Crippen LogP contribution in [0.25, 0.3) is 0 Å². The van der Waals surface area contributed by atoms with Gasteiger partial charge in [-0.15, -0.1) is 0 Å². The largest absolute Gasteiger partial charge is 0.453 e. The average Bonchev–Trinajstić information content (AvgIpc) is 2.86. The molecule has 20 heavy (non-hydrogen) atoms. The number of nitro groups is 1. The number of pyridine rings is 1. The molecule has 1 unspecified atom stereocenters. The highest BCUT2D eigenvalue weighted by atomic mass is 79.9. The van der Waals surface area contributed by atoms with Gasteiger partial charge in [0.05, 0.1) is 18.1 Å². The van der Waals surface area contributed by atoms with Gasteiger partial charge >= 0.3 is 11.8 Å². The van der Waals surface area contributed by atoms with Gasteiger partial charge in [-0.1, -0.05) is 0 Å². The summed E-state index contributed by atoms with van der Waals surface area (Å²) >= 11 is 3.17. The highest BCUT2D eigenvalue weighted by Crippen LogP contribution is 2.30. The fraction of sp³-hybridized carbons (Fsp3) is 0.455. The maximum Gasteiger partial charge on any atom is 0.407 e. The van der Waals surface area contributed by atoms with Crippen molar-refractivity contribution in [2.24, 2.45) is 0 Å². The Morgan fingerprint density at radius 3 is 3.10 bits per heavy atom. The second kappa shape index (κ2) is 6.04. The minimum absolute atomic E-state index is 0.0573. The van der Waals surface area contributed by atoms with E-state index in [4.69, 9.17) is 0 Å². The third-order valence-corrected chi connectivity index (χ3v) is 3.44. The molecule has 8 nitrogen and oxygen atoms in total. The molecular weight excluding hydrogens is 332 g/mol. The molecule has 1 amide bonds. The number of carbonyl (C=O) groups excluding carboxylic acids is 1. The van der Waals surface area contributed by atoms with Crippen molar-refractivity contribution in [1.29, 1.82) is 0 Å². The van der Waals surface area contributed by atoms with E-state index in [-0.39, 0.29) is 11.7 Å². The van der Waals surface area contributed by atoms with Crippen LogP contribution in [0.1, 0.15) is 6.42 Å². The number of hydrogen-bond acceptors (Lipinski definition) is 6. The molecule has 1 aromatic rings. The molecule has 1 saturated heterocycles. The van der Waals surface area contributed by atoms with Crippen LogP contribution in [-0.2, 0) is 4.74 Å². The fourth-order valence-corrected chi connectivity index (χ4v) is 2.41. The van der Waals surface area contributed by atoms with Crippen LogP contribution in [0.15, 0.2) is 16.7 Å². The molecular formula is C11H13BrN4O4. The first-order valence-corrected chi connectivity index (χ1v) is 6.70. The van der Waals surface area contributed by atoms with Gasteiger partial charge in [0.2, 0.25) is 5.82 Å². The van der Waals surface area contributed by atoms with Crippen LogP contribution in [0.2, 0.25) is 0 Å². The Hall–Kier alpha value is -1.90. The maximum atomic E-state index is 11.1. The number of rotatable bonds is 3. The first-order valence-electron chi connectivity index (χ1n) is 5.90. The van der Waals surface area contributed by atoms with Crippen molar-refractivity contribution < 1.29 is 14.5 Å². The van der Waals surface area contributed by atoms with E-state index in [9.17, 15) is 14.9 Å². The summed E-state index contributed by atoms with van der Waals surface area (Å²) in [6.07, 6.45) is 1.70. The predicted molar refractivity (Wildman–Crippen MR) is 74.8 cm³/mol. The van der Waals surface area contributed by atoms with Crippen molar-refractivity contribution in [2.75, 3.05) is 25.1 Å². The molecule has 2 heterocycles. The van der Waals surface area contributed by atoms with Crippen molar-refractivity contribution in [3.05, 3.63) is 26.9 Å². The van der Waals surface area contributed by atoms with E-state index in [1.165, 1.54) is 19.4 Å². The molecule has 0 spiro atoms. The zero-order valence-corrected chi connectivity index (χ0v) is 12.3. The minimum Gasteiger partial charge on any atom is -0.453 e. The molecule has 0 bridgehead atoms. The first-order chi connectivity index (χ1) is 9.51. The zero-order chi connectivity index (χ0) is 14.7. The van der Waals surface area contributed by atoms with Crippen molar-refractivity contribution in [2.45, 2.75) is 12.5 Å². The number of alkyl carbamates (subject to hydrolysis) is 1. The monoisotopic (exact) mass is 344 g/mol. The lowest BCUT2D eigenvalue weighted by Crippen LogP contribution is -2.37. The summed E-state index contributed by atoms with van der Waals surface area (Å²) in [5.41, 5.74) is -0.0573. The molecule has 0 aliphatic carbocycles. The number of ether oxygens (including phenoxy) is 1. The fourth-order valence-electron chi connectivity index (χ4n) is 2.10. The molecule has 1 fully saturated rings. The van der Waals surface area contributed by atoms with Gasteiger partial charge < -0.3 is 15.0 Å². The molecule has 1 aromatic heterocycles. The van der Waals surface area contributed by atoms with Gasteiger partial charge in [0.25, 0.3) is 0 Å². The predicted octanol–water partition coefficient (Wildman–Crippen LogP) is 1.69. The van der Waals surface area contributed by atoms with E-state index in [1.54, 1.807) is 4.90 Å². The Morgan fingerprint density at radius 2 is 2.45 bits per heavy atom. The standard InChI is InChI=1S/C11H13BrN4O4/c1-20-11(17)14-8-2-3-15(6-8)10-9(16(18)19)4-7(12)5-13-10/h4-5,8H,2-3,6H2,1H3,(H,14,17). The van der Waals surface area contributed by atoms with Gasteiger partial charge in [-0.25, -0.2) is 9.78 Å². The van der Waals surface area contributed by atoms with Crippen LogP contribution in [0.3, 0.4) is 0 Å². The Morgan fingerprint density at radius 1 is 1.70 bits per heavy atom. The number of methoxy groups -OCH3 is 1. The van der Waals surface area contributed by atoms with Crippen LogP contribution in [0.5, 0.6) is 0 Å². The number of nitrogens with one attached hydrogen (secondary N) is 1. The van der Waals surface area contributed by atoms with E-state index in [2.05, 4.69) is 31.0 Å². The third-order valence-electron chi connectivity index (χ3n) is 3.01. The van der Waals surface area contributed by atoms with Gasteiger partial charge in [0, 0.05) is 29.8 Å². The Bertz CT molecular complexity index is 539. The molecule has 1 atom stereocenters. The first kappa shape index (κ1) is 14.5. The second-order valence-electron chi connectivity index (χ2n) is 4.32. The number of anilines is 1. The highest BCUT2D eigenvalue weighted by molar-refractivity contribution is 9.10. The molecule has 0 radical (unpaired) electrons. The molecule has 1 aliphatic rings. The lowest BCUT2D eigenvalue weighted by molar-refractivity contribution is -0.384. The number of amides is 1. The molecule has 108 valence electrons. The van der Waals surface area contributed by atoms with Gasteiger partial charge in [-0.2, -0.15) is 0 Å². The normalized spacial score (nSPS) is 17.9. The maximum absolute atomic E-state index is 11.1. The minimum atomic E-state index is -0.505. The quantitative estimate of drug-likeness (QED) is 0.661. The van der Waals surface area contributed by atoms with Crippen LogP contribution in [0.4, 0.5) is 16.3 Å². The third kappa shape index (κ3) is 3.16. The number of aromatic nitrogens is 1. The van der Waals surface area contributed by atoms with Gasteiger partial charge in [0.1, 0.15) is 0 Å². The highest BCUT2D eigenvalue weighted by Gasteiger charge is 2.29. The molecule has 2 rings (SSSR count). The Balaban J connectivity index is 2.14. The number of halogens is 1. The van der Waals surface area contributed by atoms with E-state index >= 15 is 0 Å². The SMILES string of the molecule is COC(=O)NC1CCN(c2ncc(Br)cc2[N+](=O)[O-])C1. The average molecular weight is 345 g/mol. The van der Waals surface area contributed by atoms with E-state index in [0.29, 0.717) is 29.8 Å². The summed E-state index contributed by atoms with van der Waals surface area (Å²) in [5.74, 6) is 0.312. The van der Waals surface area contributed by atoms with Gasteiger partial charge in [0.15, 0.2) is 0 Å². The number of carbonyl (C=O) groups is 1. The summed E-state index contributed by atoms with van der Waals surface area (Å²) in [4.78, 5) is 27.6. The van der Waals surface area contributed by atoms with Gasteiger partial charge in [-0.05, 0) is 22.4 Å². The number of nitrogens with zero attached hydrogens (tertiary/aromatic N) is 3. The van der Waals surface area contributed by atoms with Crippen molar-refractivity contribution >= 4 is 33.5 Å². The van der Waals surface area contributed by atoms with Crippen molar-refractivity contribution in [1.82, 2.24) is 10.3 Å².